The van der Waals surface area contributed by atoms with Crippen LogP contribution >= 0.6 is 11.3 Å². The van der Waals surface area contributed by atoms with Crippen molar-refractivity contribution in [2.75, 3.05) is 5.32 Å². The van der Waals surface area contributed by atoms with Crippen LogP contribution in [0.3, 0.4) is 0 Å². The van der Waals surface area contributed by atoms with Gasteiger partial charge in [0.25, 0.3) is 15.7 Å². The molecule has 2 amide bonds. The Morgan fingerprint density at radius 2 is 1.78 bits per heavy atom. The van der Waals surface area contributed by atoms with E-state index in [0.717, 1.165) is 5.41 Å². The van der Waals surface area contributed by atoms with Crippen LogP contribution < -0.4 is 10.0 Å². The van der Waals surface area contributed by atoms with Crippen molar-refractivity contribution in [2.45, 2.75) is 27.7 Å². The number of hydrogen-bond acceptors (Lipinski definition) is 7. The zero-order valence-corrected chi connectivity index (χ0v) is 16.7. The number of carbonyl (C=O) groups excluding carboxylic acids is 1. The SMILES string of the molecule is Cc1c(C)c([N+](=O)[O-])c(C)c(C)c1NC(=O)NS(=O)(=O)/C=C/c1nccs1. The van der Waals surface area contributed by atoms with E-state index in [2.05, 4.69) is 10.3 Å². The van der Waals surface area contributed by atoms with Gasteiger partial charge in [-0.1, -0.05) is 0 Å². The number of aromatic nitrogens is 1. The minimum atomic E-state index is -4.03. The first-order chi connectivity index (χ1) is 12.5. The van der Waals surface area contributed by atoms with Gasteiger partial charge in [-0.2, -0.15) is 0 Å². The lowest BCUT2D eigenvalue weighted by Gasteiger charge is -2.16. The molecule has 2 N–H and O–H groups in total. The summed E-state index contributed by atoms with van der Waals surface area (Å²) < 4.78 is 25.9. The summed E-state index contributed by atoms with van der Waals surface area (Å²) in [7, 11) is -4.03. The molecule has 0 saturated carbocycles. The molecular weight excluding hydrogens is 392 g/mol. The summed E-state index contributed by atoms with van der Waals surface area (Å²) in [6, 6.07) is -0.961. The lowest BCUT2D eigenvalue weighted by molar-refractivity contribution is -0.386. The normalized spacial score (nSPS) is 11.6. The third-order valence-electron chi connectivity index (χ3n) is 4.08. The summed E-state index contributed by atoms with van der Waals surface area (Å²) in [5, 5.41) is 16.7. The van der Waals surface area contributed by atoms with E-state index in [-0.39, 0.29) is 5.69 Å². The van der Waals surface area contributed by atoms with E-state index in [4.69, 9.17) is 0 Å². The molecule has 0 radical (unpaired) electrons. The van der Waals surface area contributed by atoms with Crippen LogP contribution in [0, 0.1) is 37.8 Å². The van der Waals surface area contributed by atoms with Gasteiger partial charge in [0.1, 0.15) is 5.01 Å². The van der Waals surface area contributed by atoms with Gasteiger partial charge in [0.15, 0.2) is 0 Å². The average Bonchev–Trinajstić information content (AvgIpc) is 3.08. The highest BCUT2D eigenvalue weighted by molar-refractivity contribution is 7.93. The first-order valence-corrected chi connectivity index (χ1v) is 10.1. The highest BCUT2D eigenvalue weighted by Crippen LogP contribution is 2.35. The van der Waals surface area contributed by atoms with Crippen molar-refractivity contribution >= 4 is 44.8 Å². The number of carbonyl (C=O) groups is 1. The number of anilines is 1. The molecule has 9 nitrogen and oxygen atoms in total. The van der Waals surface area contributed by atoms with Crippen LogP contribution in [-0.4, -0.2) is 24.4 Å². The van der Waals surface area contributed by atoms with Crippen LogP contribution in [0.5, 0.6) is 0 Å². The third kappa shape index (κ3) is 4.68. The fraction of sp³-hybridized carbons (Fsp3) is 0.250. The van der Waals surface area contributed by atoms with Crippen LogP contribution in [-0.2, 0) is 10.0 Å². The molecule has 0 aliphatic carbocycles. The summed E-state index contributed by atoms with van der Waals surface area (Å²) in [6.45, 7) is 6.41. The van der Waals surface area contributed by atoms with Crippen LogP contribution in [0.4, 0.5) is 16.2 Å². The number of amides is 2. The number of urea groups is 1. The van der Waals surface area contributed by atoms with E-state index in [1.165, 1.54) is 23.6 Å². The molecule has 0 bridgehead atoms. The second kappa shape index (κ2) is 7.84. The Bertz CT molecular complexity index is 999. The van der Waals surface area contributed by atoms with Crippen LogP contribution in [0.1, 0.15) is 27.3 Å². The third-order valence-corrected chi connectivity index (χ3v) is 5.79. The van der Waals surface area contributed by atoms with Gasteiger partial charge in [0.05, 0.1) is 10.3 Å². The van der Waals surface area contributed by atoms with Gasteiger partial charge in [-0.3, -0.25) is 10.1 Å². The zero-order chi connectivity index (χ0) is 20.4. The molecule has 27 heavy (non-hydrogen) atoms. The molecule has 144 valence electrons. The highest BCUT2D eigenvalue weighted by Gasteiger charge is 2.24. The number of nitrogens with zero attached hydrogens (tertiary/aromatic N) is 2. The average molecular weight is 410 g/mol. The second-order valence-corrected chi connectivity index (χ2v) is 8.25. The second-order valence-electron chi connectivity index (χ2n) is 5.76. The minimum Gasteiger partial charge on any atom is -0.307 e. The summed E-state index contributed by atoms with van der Waals surface area (Å²) in [5.74, 6) is 0. The van der Waals surface area contributed by atoms with Crippen molar-refractivity contribution in [1.82, 2.24) is 9.71 Å². The fourth-order valence-electron chi connectivity index (χ4n) is 2.52. The molecule has 2 rings (SSSR count). The van der Waals surface area contributed by atoms with Crippen molar-refractivity contribution < 1.29 is 18.1 Å². The van der Waals surface area contributed by atoms with Crippen LogP contribution in [0.2, 0.25) is 0 Å². The molecule has 0 aliphatic heterocycles. The summed E-state index contributed by atoms with van der Waals surface area (Å²) in [4.78, 5) is 26.9. The maximum Gasteiger partial charge on any atom is 0.333 e. The predicted molar refractivity (Wildman–Crippen MR) is 104 cm³/mol. The maximum atomic E-state index is 12.2. The summed E-state index contributed by atoms with van der Waals surface area (Å²) in [6.07, 6.45) is 2.80. The van der Waals surface area contributed by atoms with Crippen molar-refractivity contribution in [3.05, 3.63) is 54.4 Å². The number of rotatable bonds is 5. The standard InChI is InChI=1S/C16H18N4O5S2/c1-9-11(3)15(20(22)23)12(4)10(2)14(9)18-16(21)19-27(24,25)8-5-13-17-6-7-26-13/h5-8H,1-4H3,(H2,18,19,21)/b8-5+. The number of benzene rings is 1. The number of sulfonamides is 1. The van der Waals surface area contributed by atoms with Crippen molar-refractivity contribution in [2.24, 2.45) is 0 Å². The van der Waals surface area contributed by atoms with E-state index >= 15 is 0 Å². The smallest absolute Gasteiger partial charge is 0.307 e. The molecule has 2 aromatic rings. The number of thiazole rings is 1. The molecule has 1 aromatic carbocycles. The summed E-state index contributed by atoms with van der Waals surface area (Å²) >= 11 is 1.25. The Hall–Kier alpha value is -2.79. The van der Waals surface area contributed by atoms with Gasteiger partial charge in [0.2, 0.25) is 0 Å². The molecule has 1 heterocycles. The predicted octanol–water partition coefficient (Wildman–Crippen LogP) is 3.41. The molecule has 0 atom stereocenters. The zero-order valence-electron chi connectivity index (χ0n) is 15.1. The lowest BCUT2D eigenvalue weighted by Crippen LogP contribution is -2.33. The molecule has 0 aliphatic rings. The largest absolute Gasteiger partial charge is 0.333 e. The van der Waals surface area contributed by atoms with Crippen molar-refractivity contribution in [3.63, 3.8) is 0 Å². The van der Waals surface area contributed by atoms with Gasteiger partial charge in [0, 0.05) is 28.4 Å². The topological polar surface area (TPSA) is 131 Å². The van der Waals surface area contributed by atoms with Gasteiger partial charge in [-0.25, -0.2) is 22.9 Å². The van der Waals surface area contributed by atoms with Gasteiger partial charge >= 0.3 is 6.03 Å². The van der Waals surface area contributed by atoms with Crippen molar-refractivity contribution in [3.8, 4) is 0 Å². The Labute approximate surface area is 160 Å². The van der Waals surface area contributed by atoms with Crippen LogP contribution in [0.25, 0.3) is 6.08 Å². The molecule has 0 fully saturated rings. The number of hydrogen-bond donors (Lipinski definition) is 2. The number of nitro groups is 1. The van der Waals surface area contributed by atoms with Gasteiger partial charge in [-0.15, -0.1) is 11.3 Å². The van der Waals surface area contributed by atoms with E-state index in [9.17, 15) is 23.3 Å². The Morgan fingerprint density at radius 3 is 2.26 bits per heavy atom. The molecule has 0 saturated heterocycles. The van der Waals surface area contributed by atoms with E-state index in [0.29, 0.717) is 32.9 Å². The highest BCUT2D eigenvalue weighted by atomic mass is 32.2. The molecular formula is C16H18N4O5S2. The van der Waals surface area contributed by atoms with E-state index in [1.807, 2.05) is 4.72 Å². The molecule has 11 heteroatoms. The number of nitrogens with one attached hydrogen (secondary N) is 2. The molecule has 0 spiro atoms. The molecule has 1 aromatic heterocycles. The number of nitro benzene ring substituents is 1. The fourth-order valence-corrected chi connectivity index (χ4v) is 3.82. The van der Waals surface area contributed by atoms with Crippen molar-refractivity contribution in [1.29, 1.82) is 0 Å². The van der Waals surface area contributed by atoms with E-state index in [1.54, 1.807) is 33.1 Å². The molecule has 0 unspecified atom stereocenters. The van der Waals surface area contributed by atoms with E-state index < -0.39 is 21.0 Å². The summed E-state index contributed by atoms with van der Waals surface area (Å²) in [5.41, 5.74) is 2.13. The van der Waals surface area contributed by atoms with Gasteiger partial charge in [-0.05, 0) is 44.9 Å². The minimum absolute atomic E-state index is 0.0186. The maximum absolute atomic E-state index is 12.2. The van der Waals surface area contributed by atoms with Crippen LogP contribution in [0.15, 0.2) is 17.0 Å². The first-order valence-electron chi connectivity index (χ1n) is 7.69. The lowest BCUT2D eigenvalue weighted by atomic mass is 9.96. The Balaban J connectivity index is 2.24. The quantitative estimate of drug-likeness (QED) is 0.573. The first kappa shape index (κ1) is 20.5. The van der Waals surface area contributed by atoms with Gasteiger partial charge < -0.3 is 5.32 Å². The monoisotopic (exact) mass is 410 g/mol. The Morgan fingerprint density at radius 1 is 1.19 bits per heavy atom. The Kier molecular flexibility index (Phi) is 5.96.